The Kier molecular flexibility index (Phi) is 3.29. The summed E-state index contributed by atoms with van der Waals surface area (Å²) >= 11 is 3.52. The number of ether oxygens (including phenoxy) is 1. The highest BCUT2D eigenvalue weighted by Crippen LogP contribution is 2.32. The van der Waals surface area contributed by atoms with Gasteiger partial charge in [-0.1, -0.05) is 36.4 Å². The van der Waals surface area contributed by atoms with Gasteiger partial charge in [0, 0.05) is 21.4 Å². The molecule has 0 bridgehead atoms. The predicted octanol–water partition coefficient (Wildman–Crippen LogP) is 5.34. The van der Waals surface area contributed by atoms with Crippen LogP contribution in [0.1, 0.15) is 20.8 Å². The summed E-state index contributed by atoms with van der Waals surface area (Å²) in [6.45, 7) is 5.59. The molecule has 3 aromatic rings. The molecule has 1 heterocycles. The van der Waals surface area contributed by atoms with E-state index in [2.05, 4.69) is 22.0 Å². The van der Waals surface area contributed by atoms with E-state index in [-0.39, 0.29) is 6.09 Å². The van der Waals surface area contributed by atoms with Crippen molar-refractivity contribution in [2.75, 3.05) is 0 Å². The second kappa shape index (κ2) is 4.88. The van der Waals surface area contributed by atoms with Gasteiger partial charge in [0.1, 0.15) is 5.60 Å². The first-order valence-electron chi connectivity index (χ1n) is 6.78. The highest BCUT2D eigenvalue weighted by atomic mass is 79.9. The highest BCUT2D eigenvalue weighted by Gasteiger charge is 2.21. The number of carbonyl (C=O) groups excluding carboxylic acids is 1. The topological polar surface area (TPSA) is 31.2 Å². The minimum absolute atomic E-state index is 0.366. The quantitative estimate of drug-likeness (QED) is 0.550. The third-order valence-corrected chi connectivity index (χ3v) is 3.86. The molecule has 4 heteroatoms. The van der Waals surface area contributed by atoms with Gasteiger partial charge in [0.15, 0.2) is 0 Å². The van der Waals surface area contributed by atoms with Gasteiger partial charge < -0.3 is 4.74 Å². The average molecular weight is 346 g/mol. The molecule has 0 atom stereocenters. The zero-order valence-corrected chi connectivity index (χ0v) is 13.8. The van der Waals surface area contributed by atoms with Gasteiger partial charge in [-0.05, 0) is 42.1 Å². The lowest BCUT2D eigenvalue weighted by Crippen LogP contribution is -2.26. The van der Waals surface area contributed by atoms with Gasteiger partial charge in [-0.15, -0.1) is 0 Å². The molecule has 0 aliphatic heterocycles. The third-order valence-electron chi connectivity index (χ3n) is 3.23. The van der Waals surface area contributed by atoms with Crippen LogP contribution in [0, 0.1) is 0 Å². The van der Waals surface area contributed by atoms with Crippen LogP contribution in [0.2, 0.25) is 0 Å². The van der Waals surface area contributed by atoms with E-state index in [0.717, 1.165) is 26.1 Å². The van der Waals surface area contributed by atoms with E-state index < -0.39 is 5.60 Å². The molecule has 0 aliphatic carbocycles. The Morgan fingerprint density at radius 3 is 2.52 bits per heavy atom. The summed E-state index contributed by atoms with van der Waals surface area (Å²) in [7, 11) is 0. The maximum absolute atomic E-state index is 12.5. The Hall–Kier alpha value is -1.81. The van der Waals surface area contributed by atoms with Gasteiger partial charge in [0.25, 0.3) is 0 Å². The van der Waals surface area contributed by atoms with Crippen molar-refractivity contribution >= 4 is 43.7 Å². The maximum Gasteiger partial charge on any atom is 0.419 e. The lowest BCUT2D eigenvalue weighted by molar-refractivity contribution is 0.0544. The molecule has 3 rings (SSSR count). The fourth-order valence-electron chi connectivity index (χ4n) is 2.41. The lowest BCUT2D eigenvalue weighted by atomic mass is 10.1. The number of nitrogens with zero attached hydrogens (tertiary/aromatic N) is 1. The summed E-state index contributed by atoms with van der Waals surface area (Å²) in [6, 6.07) is 12.1. The van der Waals surface area contributed by atoms with E-state index in [9.17, 15) is 4.79 Å². The Bertz CT molecular complexity index is 843. The number of carbonyl (C=O) groups is 1. The summed E-state index contributed by atoms with van der Waals surface area (Å²) in [4.78, 5) is 12.5. The van der Waals surface area contributed by atoms with Crippen molar-refractivity contribution in [3.05, 3.63) is 47.1 Å². The number of halogens is 1. The Balaban J connectivity index is 2.28. The summed E-state index contributed by atoms with van der Waals surface area (Å²) in [5.74, 6) is 0. The number of fused-ring (bicyclic) bond motifs is 3. The monoisotopic (exact) mass is 345 g/mol. The second-order valence-electron chi connectivity index (χ2n) is 6.01. The molecule has 0 fully saturated rings. The van der Waals surface area contributed by atoms with Gasteiger partial charge >= 0.3 is 6.09 Å². The molecule has 2 aromatic carbocycles. The van der Waals surface area contributed by atoms with E-state index in [1.54, 1.807) is 10.8 Å². The molecular weight excluding hydrogens is 330 g/mol. The Labute approximate surface area is 131 Å². The first kappa shape index (κ1) is 14.1. The first-order valence-corrected chi connectivity index (χ1v) is 7.58. The summed E-state index contributed by atoms with van der Waals surface area (Å²) < 4.78 is 7.96. The van der Waals surface area contributed by atoms with Crippen molar-refractivity contribution in [3.63, 3.8) is 0 Å². The van der Waals surface area contributed by atoms with Gasteiger partial charge in [-0.2, -0.15) is 0 Å². The zero-order chi connectivity index (χ0) is 15.2. The predicted molar refractivity (Wildman–Crippen MR) is 88.8 cm³/mol. The van der Waals surface area contributed by atoms with Crippen LogP contribution in [0.4, 0.5) is 4.79 Å². The molecule has 108 valence electrons. The van der Waals surface area contributed by atoms with E-state index >= 15 is 0 Å². The van der Waals surface area contributed by atoms with Crippen LogP contribution in [-0.4, -0.2) is 16.3 Å². The molecule has 0 saturated carbocycles. The minimum atomic E-state index is -0.523. The maximum atomic E-state index is 12.5. The number of aromatic nitrogens is 1. The molecule has 0 radical (unpaired) electrons. The number of rotatable bonds is 0. The van der Waals surface area contributed by atoms with Gasteiger partial charge in [-0.3, -0.25) is 4.57 Å². The average Bonchev–Trinajstić information content (AvgIpc) is 2.75. The highest BCUT2D eigenvalue weighted by molar-refractivity contribution is 9.10. The summed E-state index contributed by atoms with van der Waals surface area (Å²) in [5.41, 5.74) is 0.347. The van der Waals surface area contributed by atoms with Crippen LogP contribution < -0.4 is 0 Å². The van der Waals surface area contributed by atoms with Crippen LogP contribution in [-0.2, 0) is 4.74 Å². The standard InChI is InChI=1S/C17H16BrNO2/c1-17(2,3)21-16(20)19-10-14(18)13-9-8-11-6-4-5-7-12(11)15(13)19/h4-10H,1-3H3. The fourth-order valence-corrected chi connectivity index (χ4v) is 2.93. The molecule has 0 amide bonds. The van der Waals surface area contributed by atoms with Gasteiger partial charge in [0.05, 0.1) is 5.52 Å². The van der Waals surface area contributed by atoms with Crippen LogP contribution in [0.15, 0.2) is 47.1 Å². The van der Waals surface area contributed by atoms with Crippen molar-refractivity contribution in [1.29, 1.82) is 0 Å². The van der Waals surface area contributed by atoms with Crippen molar-refractivity contribution in [2.45, 2.75) is 26.4 Å². The van der Waals surface area contributed by atoms with E-state index in [4.69, 9.17) is 4.74 Å². The Morgan fingerprint density at radius 2 is 1.81 bits per heavy atom. The lowest BCUT2D eigenvalue weighted by Gasteiger charge is -2.20. The van der Waals surface area contributed by atoms with Gasteiger partial charge in [-0.25, -0.2) is 4.79 Å². The zero-order valence-electron chi connectivity index (χ0n) is 12.2. The molecule has 21 heavy (non-hydrogen) atoms. The fraction of sp³-hybridized carbons (Fsp3) is 0.235. The molecule has 0 N–H and O–H groups in total. The van der Waals surface area contributed by atoms with Crippen molar-refractivity contribution in [3.8, 4) is 0 Å². The molecule has 0 saturated heterocycles. The van der Waals surface area contributed by atoms with Crippen LogP contribution >= 0.6 is 15.9 Å². The number of hydrogen-bond acceptors (Lipinski definition) is 2. The Morgan fingerprint density at radius 1 is 1.10 bits per heavy atom. The first-order chi connectivity index (χ1) is 9.87. The van der Waals surface area contributed by atoms with Crippen LogP contribution in [0.5, 0.6) is 0 Å². The van der Waals surface area contributed by atoms with Crippen LogP contribution in [0.25, 0.3) is 21.7 Å². The van der Waals surface area contributed by atoms with Crippen molar-refractivity contribution in [1.82, 2.24) is 4.57 Å². The number of hydrogen-bond donors (Lipinski definition) is 0. The van der Waals surface area contributed by atoms with Crippen molar-refractivity contribution in [2.24, 2.45) is 0 Å². The second-order valence-corrected chi connectivity index (χ2v) is 6.86. The molecule has 0 aliphatic rings. The molecule has 0 spiro atoms. The van der Waals surface area contributed by atoms with Crippen molar-refractivity contribution < 1.29 is 9.53 Å². The molecular formula is C17H16BrNO2. The SMILES string of the molecule is CC(C)(C)OC(=O)n1cc(Br)c2ccc3ccccc3c21. The molecule has 3 nitrogen and oxygen atoms in total. The third kappa shape index (κ3) is 2.56. The summed E-state index contributed by atoms with van der Waals surface area (Å²) in [5, 5.41) is 3.13. The largest absolute Gasteiger partial charge is 0.443 e. The molecule has 0 unspecified atom stereocenters. The smallest absolute Gasteiger partial charge is 0.419 e. The number of benzene rings is 2. The summed E-state index contributed by atoms with van der Waals surface area (Å²) in [6.07, 6.45) is 1.40. The minimum Gasteiger partial charge on any atom is -0.443 e. The molecule has 1 aromatic heterocycles. The van der Waals surface area contributed by atoms with E-state index in [1.807, 2.05) is 51.1 Å². The van der Waals surface area contributed by atoms with E-state index in [0.29, 0.717) is 0 Å². The van der Waals surface area contributed by atoms with E-state index in [1.165, 1.54) is 0 Å². The normalized spacial score (nSPS) is 12.0. The van der Waals surface area contributed by atoms with Crippen LogP contribution in [0.3, 0.4) is 0 Å². The van der Waals surface area contributed by atoms with Gasteiger partial charge in [0.2, 0.25) is 0 Å².